The van der Waals surface area contributed by atoms with Gasteiger partial charge in [0.2, 0.25) is 0 Å². The molecule has 0 aliphatic heterocycles. The lowest BCUT2D eigenvalue weighted by atomic mass is 10.2. The van der Waals surface area contributed by atoms with Crippen LogP contribution in [0.1, 0.15) is 25.8 Å². The van der Waals surface area contributed by atoms with E-state index < -0.39 is 17.8 Å². The summed E-state index contributed by atoms with van der Waals surface area (Å²) >= 11 is 0. The summed E-state index contributed by atoms with van der Waals surface area (Å²) in [5, 5.41) is 8.69. The van der Waals surface area contributed by atoms with E-state index >= 15 is 0 Å². The highest BCUT2D eigenvalue weighted by Gasteiger charge is 2.12. The van der Waals surface area contributed by atoms with Crippen LogP contribution in [0.4, 0.5) is 13.2 Å². The highest BCUT2D eigenvalue weighted by atomic mass is 19.3. The quantitative estimate of drug-likeness (QED) is 0.722. The molecule has 1 aromatic rings. The van der Waals surface area contributed by atoms with Gasteiger partial charge in [0, 0.05) is 0 Å². The third kappa shape index (κ3) is 3.36. The fourth-order valence-electron chi connectivity index (χ4n) is 0.698. The van der Waals surface area contributed by atoms with Crippen molar-refractivity contribution >= 4 is 0 Å². The van der Waals surface area contributed by atoms with Gasteiger partial charge in [-0.15, -0.1) is 0 Å². The number of hydrogen-bond donors (Lipinski definition) is 1. The fourth-order valence-corrected chi connectivity index (χ4v) is 0.698. The molecular formula is C9H11F3O. The van der Waals surface area contributed by atoms with Crippen LogP contribution in [0, 0.1) is 5.82 Å². The summed E-state index contributed by atoms with van der Waals surface area (Å²) in [6, 6.07) is 2.53. The van der Waals surface area contributed by atoms with Gasteiger partial charge in [0.15, 0.2) is 0 Å². The predicted molar refractivity (Wildman–Crippen MR) is 44.4 cm³/mol. The average Bonchev–Trinajstić information content (AvgIpc) is 2.12. The second kappa shape index (κ2) is 5.45. The minimum absolute atomic E-state index is 0.360. The Kier molecular flexibility index (Phi) is 4.96. The Balaban J connectivity index is 0.000000671. The van der Waals surface area contributed by atoms with Crippen LogP contribution in [0.3, 0.4) is 0 Å². The first-order chi connectivity index (χ1) is 6.11. The predicted octanol–water partition coefficient (Wildman–Crippen LogP) is 3.50. The zero-order valence-electron chi connectivity index (χ0n) is 7.39. The first-order valence-corrected chi connectivity index (χ1v) is 3.88. The molecule has 1 aromatic carbocycles. The molecule has 0 amide bonds. The summed E-state index contributed by atoms with van der Waals surface area (Å²) in [6.07, 6.45) is -2.89. The molecule has 0 saturated carbocycles. The van der Waals surface area contributed by atoms with E-state index in [1.807, 2.05) is 13.8 Å². The number of halogens is 3. The van der Waals surface area contributed by atoms with Crippen molar-refractivity contribution < 1.29 is 18.3 Å². The molecule has 0 unspecified atom stereocenters. The summed E-state index contributed by atoms with van der Waals surface area (Å²) in [5.41, 5.74) is -0.773. The normalized spacial score (nSPS) is 9.38. The molecule has 13 heavy (non-hydrogen) atoms. The lowest BCUT2D eigenvalue weighted by Gasteiger charge is -2.00. The Hall–Kier alpha value is -1.19. The molecule has 74 valence electrons. The van der Waals surface area contributed by atoms with Gasteiger partial charge in [0.25, 0.3) is 6.43 Å². The lowest BCUT2D eigenvalue weighted by molar-refractivity contribution is 0.146. The molecule has 0 atom stereocenters. The molecule has 1 N–H and O–H groups in total. The molecule has 1 nitrogen and oxygen atoms in total. The molecule has 4 heteroatoms. The van der Waals surface area contributed by atoms with Crippen molar-refractivity contribution in [3.8, 4) is 5.75 Å². The lowest BCUT2D eigenvalue weighted by Crippen LogP contribution is -1.88. The number of benzene rings is 1. The van der Waals surface area contributed by atoms with Crippen LogP contribution in [0.5, 0.6) is 5.75 Å². The van der Waals surface area contributed by atoms with Crippen molar-refractivity contribution in [3.63, 3.8) is 0 Å². The number of alkyl halides is 2. The Morgan fingerprint density at radius 1 is 1.23 bits per heavy atom. The van der Waals surface area contributed by atoms with Crippen molar-refractivity contribution in [1.82, 2.24) is 0 Å². The molecule has 0 aliphatic rings. The molecular weight excluding hydrogens is 181 g/mol. The van der Waals surface area contributed by atoms with Crippen molar-refractivity contribution in [3.05, 3.63) is 29.6 Å². The molecule has 0 saturated heterocycles. The van der Waals surface area contributed by atoms with Gasteiger partial charge in [0.05, 0.1) is 5.56 Å². The molecule has 1 rings (SSSR count). The summed E-state index contributed by atoms with van der Waals surface area (Å²) in [5.74, 6) is -1.36. The average molecular weight is 192 g/mol. The first-order valence-electron chi connectivity index (χ1n) is 3.88. The third-order valence-electron chi connectivity index (χ3n) is 1.21. The monoisotopic (exact) mass is 192 g/mol. The molecule has 0 bridgehead atoms. The summed E-state index contributed by atoms with van der Waals surface area (Å²) < 4.78 is 36.1. The van der Waals surface area contributed by atoms with Gasteiger partial charge in [-0.25, -0.2) is 13.2 Å². The SMILES string of the molecule is CC.Oc1ccc(F)c(C(F)F)c1. The molecule has 0 fully saturated rings. The summed E-state index contributed by atoms with van der Waals surface area (Å²) in [6.45, 7) is 4.00. The van der Waals surface area contributed by atoms with E-state index in [9.17, 15) is 13.2 Å². The van der Waals surface area contributed by atoms with Crippen LogP contribution < -0.4 is 0 Å². The minimum atomic E-state index is -2.89. The van der Waals surface area contributed by atoms with Crippen molar-refractivity contribution in [2.75, 3.05) is 0 Å². The third-order valence-corrected chi connectivity index (χ3v) is 1.21. The van der Waals surface area contributed by atoms with E-state index in [-0.39, 0.29) is 5.75 Å². The highest BCUT2D eigenvalue weighted by Crippen LogP contribution is 2.25. The topological polar surface area (TPSA) is 20.2 Å². The van der Waals surface area contributed by atoms with Gasteiger partial charge in [-0.2, -0.15) is 0 Å². The maximum absolute atomic E-state index is 12.4. The Labute approximate surface area is 74.8 Å². The van der Waals surface area contributed by atoms with Gasteiger partial charge < -0.3 is 5.11 Å². The van der Waals surface area contributed by atoms with Gasteiger partial charge in [-0.3, -0.25) is 0 Å². The van der Waals surface area contributed by atoms with Crippen LogP contribution in [0.15, 0.2) is 18.2 Å². The molecule has 0 heterocycles. The molecule has 0 aromatic heterocycles. The smallest absolute Gasteiger partial charge is 0.266 e. The van der Waals surface area contributed by atoms with Crippen molar-refractivity contribution in [2.45, 2.75) is 20.3 Å². The van der Waals surface area contributed by atoms with E-state index in [4.69, 9.17) is 5.11 Å². The van der Waals surface area contributed by atoms with Gasteiger partial charge in [0.1, 0.15) is 11.6 Å². The van der Waals surface area contributed by atoms with Gasteiger partial charge >= 0.3 is 0 Å². The zero-order valence-corrected chi connectivity index (χ0v) is 7.39. The first kappa shape index (κ1) is 11.8. The number of hydrogen-bond acceptors (Lipinski definition) is 1. The van der Waals surface area contributed by atoms with E-state index in [0.29, 0.717) is 6.07 Å². The second-order valence-corrected chi connectivity index (χ2v) is 2.01. The highest BCUT2D eigenvalue weighted by molar-refractivity contribution is 5.29. The number of aromatic hydroxyl groups is 1. The Bertz CT molecular complexity index is 261. The standard InChI is InChI=1S/C7H5F3O.C2H6/c8-6-2-1-4(11)3-5(6)7(9)10;1-2/h1-3,7,11H;1-2H3. The summed E-state index contributed by atoms with van der Waals surface area (Å²) in [7, 11) is 0. The fraction of sp³-hybridized carbons (Fsp3) is 0.333. The molecule has 0 aliphatic carbocycles. The van der Waals surface area contributed by atoms with Gasteiger partial charge in [-0.1, -0.05) is 13.8 Å². The number of phenolic OH excluding ortho intramolecular Hbond substituents is 1. The Morgan fingerprint density at radius 3 is 2.15 bits per heavy atom. The van der Waals surface area contributed by atoms with Crippen molar-refractivity contribution in [2.24, 2.45) is 0 Å². The van der Waals surface area contributed by atoms with E-state index in [0.717, 1.165) is 12.1 Å². The van der Waals surface area contributed by atoms with Crippen LogP contribution in [0.2, 0.25) is 0 Å². The maximum atomic E-state index is 12.4. The van der Waals surface area contributed by atoms with Crippen LogP contribution in [0.25, 0.3) is 0 Å². The van der Waals surface area contributed by atoms with Crippen LogP contribution in [-0.2, 0) is 0 Å². The Morgan fingerprint density at radius 2 is 1.77 bits per heavy atom. The second-order valence-electron chi connectivity index (χ2n) is 2.01. The van der Waals surface area contributed by atoms with Crippen LogP contribution >= 0.6 is 0 Å². The van der Waals surface area contributed by atoms with E-state index in [1.165, 1.54) is 0 Å². The summed E-state index contributed by atoms with van der Waals surface area (Å²) in [4.78, 5) is 0. The van der Waals surface area contributed by atoms with Crippen molar-refractivity contribution in [1.29, 1.82) is 0 Å². The number of rotatable bonds is 1. The van der Waals surface area contributed by atoms with Crippen LogP contribution in [-0.4, -0.2) is 5.11 Å². The molecule has 0 spiro atoms. The van der Waals surface area contributed by atoms with Gasteiger partial charge in [-0.05, 0) is 18.2 Å². The zero-order chi connectivity index (χ0) is 10.4. The van der Waals surface area contributed by atoms with E-state index in [2.05, 4.69) is 0 Å². The number of phenols is 1. The largest absolute Gasteiger partial charge is 0.508 e. The molecule has 0 radical (unpaired) electrons. The minimum Gasteiger partial charge on any atom is -0.508 e. The maximum Gasteiger partial charge on any atom is 0.266 e. The van der Waals surface area contributed by atoms with E-state index in [1.54, 1.807) is 0 Å².